The fraction of sp³-hybridized carbons (Fsp3) is 0.667. The first kappa shape index (κ1) is 22.4. The van der Waals surface area contributed by atoms with E-state index in [9.17, 15) is 20.1 Å². The molecule has 8 heteroatoms. The van der Waals surface area contributed by atoms with Crippen LogP contribution in [0, 0.1) is 5.92 Å². The van der Waals surface area contributed by atoms with Crippen LogP contribution in [0.15, 0.2) is 24.3 Å². The molecule has 2 saturated heterocycles. The summed E-state index contributed by atoms with van der Waals surface area (Å²) >= 11 is 1.16. The molecule has 0 radical (unpaired) electrons. The molecule has 5 atom stereocenters. The van der Waals surface area contributed by atoms with Gasteiger partial charge in [-0.2, -0.15) is 0 Å². The highest BCUT2D eigenvalue weighted by molar-refractivity contribution is 8.13. The molecule has 1 aromatic carbocycles. The van der Waals surface area contributed by atoms with Gasteiger partial charge in [0.05, 0.1) is 25.4 Å². The van der Waals surface area contributed by atoms with Crippen LogP contribution >= 0.6 is 11.8 Å². The fourth-order valence-electron chi connectivity index (χ4n) is 3.99. The first-order chi connectivity index (χ1) is 13.8. The number of thioether (sulfide) groups is 1. The average molecular weight is 426 g/mol. The van der Waals surface area contributed by atoms with E-state index in [0.717, 1.165) is 29.5 Å². The van der Waals surface area contributed by atoms with Gasteiger partial charge in [-0.3, -0.25) is 4.79 Å². The van der Waals surface area contributed by atoms with Crippen LogP contribution in [0.4, 0.5) is 4.79 Å². The first-order valence-corrected chi connectivity index (χ1v) is 11.1. The summed E-state index contributed by atoms with van der Waals surface area (Å²) < 4.78 is 11.2. The first-order valence-electron chi connectivity index (χ1n) is 10.1. The maximum absolute atomic E-state index is 12.5. The largest absolute Gasteiger partial charge is 0.497 e. The van der Waals surface area contributed by atoms with Gasteiger partial charge in [-0.05, 0) is 42.9 Å². The summed E-state index contributed by atoms with van der Waals surface area (Å²) in [5.41, 5.74) is 0.930. The number of amides is 1. The number of hydrogen-bond acceptors (Lipinski definition) is 7. The van der Waals surface area contributed by atoms with Gasteiger partial charge in [0.2, 0.25) is 0 Å². The number of benzene rings is 1. The number of methoxy groups -OCH3 is 1. The third kappa shape index (κ3) is 5.44. The monoisotopic (exact) mass is 425 g/mol. The van der Waals surface area contributed by atoms with Crippen LogP contribution in [0.2, 0.25) is 0 Å². The molecule has 1 aromatic rings. The number of aliphatic hydroxyl groups is 3. The van der Waals surface area contributed by atoms with Crippen molar-refractivity contribution in [3.8, 4) is 5.75 Å². The SMILES string of the molecule is COc1ccc(CN2C(=O)SC[C@@H]2[C@@]2(O)C[C@@H](O)C[C@@H](CC[C@H](C)CO)O2)cc1. The molecule has 0 spiro atoms. The van der Waals surface area contributed by atoms with Crippen molar-refractivity contribution in [2.75, 3.05) is 19.5 Å². The molecule has 2 aliphatic rings. The van der Waals surface area contributed by atoms with E-state index in [1.807, 2.05) is 31.2 Å². The highest BCUT2D eigenvalue weighted by Crippen LogP contribution is 2.40. The summed E-state index contributed by atoms with van der Waals surface area (Å²) in [7, 11) is 1.60. The zero-order chi connectivity index (χ0) is 21.0. The lowest BCUT2D eigenvalue weighted by Crippen LogP contribution is -2.59. The minimum atomic E-state index is -1.59. The van der Waals surface area contributed by atoms with Gasteiger partial charge < -0.3 is 29.7 Å². The summed E-state index contributed by atoms with van der Waals surface area (Å²) in [6.07, 6.45) is 0.933. The summed E-state index contributed by atoms with van der Waals surface area (Å²) in [5, 5.41) is 30.8. The van der Waals surface area contributed by atoms with E-state index < -0.39 is 17.9 Å². The highest BCUT2D eigenvalue weighted by atomic mass is 32.2. The Morgan fingerprint density at radius 1 is 1.38 bits per heavy atom. The fourth-order valence-corrected chi connectivity index (χ4v) is 5.09. The number of nitrogens with zero attached hydrogens (tertiary/aromatic N) is 1. The van der Waals surface area contributed by atoms with E-state index in [-0.39, 0.29) is 30.3 Å². The van der Waals surface area contributed by atoms with Crippen LogP contribution in [0.3, 0.4) is 0 Å². The van der Waals surface area contributed by atoms with Gasteiger partial charge in [-0.25, -0.2) is 0 Å². The van der Waals surface area contributed by atoms with Crippen molar-refractivity contribution in [3.05, 3.63) is 29.8 Å². The van der Waals surface area contributed by atoms with Gasteiger partial charge in [0.1, 0.15) is 5.75 Å². The van der Waals surface area contributed by atoms with Crippen molar-refractivity contribution in [1.82, 2.24) is 4.90 Å². The standard InChI is InChI=1S/C21H31NO6S/c1-14(12-23)3-6-18-9-16(24)10-21(26,28-18)19-13-29-20(25)22(19)11-15-4-7-17(27-2)8-5-15/h4-5,7-8,14,16,18-19,23-24,26H,3,6,9-13H2,1-2H3/t14-,16-,18+,19+,21+/m0/s1. The molecule has 162 valence electrons. The van der Waals surface area contributed by atoms with Crippen LogP contribution in [0.5, 0.6) is 5.75 Å². The topological polar surface area (TPSA) is 99.5 Å². The second-order valence-electron chi connectivity index (χ2n) is 8.11. The van der Waals surface area contributed by atoms with E-state index in [0.29, 0.717) is 25.1 Å². The summed E-state index contributed by atoms with van der Waals surface area (Å²) in [4.78, 5) is 14.2. The Bertz CT molecular complexity index is 686. The lowest BCUT2D eigenvalue weighted by Gasteiger charge is -2.45. The van der Waals surface area contributed by atoms with E-state index >= 15 is 0 Å². The molecule has 2 heterocycles. The second kappa shape index (κ2) is 9.66. The predicted molar refractivity (Wildman–Crippen MR) is 111 cm³/mol. The normalized spacial score (nSPS) is 31.1. The van der Waals surface area contributed by atoms with Crippen molar-refractivity contribution in [2.45, 2.75) is 63.2 Å². The molecule has 0 bridgehead atoms. The Hall–Kier alpha value is -1.32. The average Bonchev–Trinajstić information content (AvgIpc) is 3.07. The number of carbonyl (C=O) groups excluding carboxylic acids is 1. The molecular weight excluding hydrogens is 394 g/mol. The zero-order valence-electron chi connectivity index (χ0n) is 17.0. The van der Waals surface area contributed by atoms with Crippen LogP contribution in [-0.4, -0.2) is 69.0 Å². The Balaban J connectivity index is 1.71. The molecule has 7 nitrogen and oxygen atoms in total. The molecular formula is C21H31NO6S. The molecule has 0 aromatic heterocycles. The summed E-state index contributed by atoms with van der Waals surface area (Å²) in [6.45, 7) is 2.41. The number of carbonyl (C=O) groups is 1. The minimum Gasteiger partial charge on any atom is -0.497 e. The van der Waals surface area contributed by atoms with Gasteiger partial charge in [0, 0.05) is 25.3 Å². The van der Waals surface area contributed by atoms with Crippen LogP contribution in [-0.2, 0) is 11.3 Å². The van der Waals surface area contributed by atoms with E-state index in [2.05, 4.69) is 0 Å². The summed E-state index contributed by atoms with van der Waals surface area (Å²) in [5.74, 6) is -0.292. The Labute approximate surface area is 176 Å². The van der Waals surface area contributed by atoms with Crippen LogP contribution in [0.25, 0.3) is 0 Å². The molecule has 29 heavy (non-hydrogen) atoms. The summed E-state index contributed by atoms with van der Waals surface area (Å²) in [6, 6.07) is 6.94. The highest BCUT2D eigenvalue weighted by Gasteiger charge is 2.51. The zero-order valence-corrected chi connectivity index (χ0v) is 17.8. The Morgan fingerprint density at radius 2 is 2.10 bits per heavy atom. The lowest BCUT2D eigenvalue weighted by atomic mass is 9.90. The maximum Gasteiger partial charge on any atom is 0.282 e. The van der Waals surface area contributed by atoms with Gasteiger partial charge in [0.25, 0.3) is 5.24 Å². The number of ether oxygens (including phenoxy) is 2. The minimum absolute atomic E-state index is 0.0800. The molecule has 3 N–H and O–H groups in total. The van der Waals surface area contributed by atoms with Crippen molar-refractivity contribution in [3.63, 3.8) is 0 Å². The number of hydrogen-bond donors (Lipinski definition) is 3. The lowest BCUT2D eigenvalue weighted by molar-refractivity contribution is -0.293. The van der Waals surface area contributed by atoms with Gasteiger partial charge in [-0.15, -0.1) is 0 Å². The number of aliphatic hydroxyl groups excluding tert-OH is 2. The Kier molecular flexibility index (Phi) is 7.45. The quantitative estimate of drug-likeness (QED) is 0.588. The predicted octanol–water partition coefficient (Wildman–Crippen LogP) is 2.37. The third-order valence-corrected chi connectivity index (χ3v) is 6.70. The van der Waals surface area contributed by atoms with Crippen molar-refractivity contribution < 1.29 is 29.6 Å². The van der Waals surface area contributed by atoms with Gasteiger partial charge >= 0.3 is 0 Å². The Morgan fingerprint density at radius 3 is 2.76 bits per heavy atom. The maximum atomic E-state index is 12.5. The molecule has 2 aliphatic heterocycles. The second-order valence-corrected chi connectivity index (χ2v) is 9.08. The number of rotatable bonds is 8. The van der Waals surface area contributed by atoms with Gasteiger partial charge in [0.15, 0.2) is 5.79 Å². The van der Waals surface area contributed by atoms with E-state index in [1.165, 1.54) is 0 Å². The smallest absolute Gasteiger partial charge is 0.282 e. The van der Waals surface area contributed by atoms with Crippen molar-refractivity contribution >= 4 is 17.0 Å². The van der Waals surface area contributed by atoms with Crippen molar-refractivity contribution in [1.29, 1.82) is 0 Å². The molecule has 1 amide bonds. The van der Waals surface area contributed by atoms with E-state index in [4.69, 9.17) is 9.47 Å². The molecule has 0 aliphatic carbocycles. The van der Waals surface area contributed by atoms with Crippen molar-refractivity contribution in [2.24, 2.45) is 5.92 Å². The van der Waals surface area contributed by atoms with Gasteiger partial charge in [-0.1, -0.05) is 30.8 Å². The van der Waals surface area contributed by atoms with Crippen LogP contribution in [0.1, 0.15) is 38.2 Å². The molecule has 0 saturated carbocycles. The third-order valence-electron chi connectivity index (χ3n) is 5.73. The molecule has 2 fully saturated rings. The van der Waals surface area contributed by atoms with E-state index in [1.54, 1.807) is 12.0 Å². The van der Waals surface area contributed by atoms with Crippen LogP contribution < -0.4 is 4.74 Å². The molecule has 0 unspecified atom stereocenters. The molecule has 3 rings (SSSR count).